The topological polar surface area (TPSA) is 99.1 Å². The molecule has 0 saturated carbocycles. The molecule has 0 spiro atoms. The summed E-state index contributed by atoms with van der Waals surface area (Å²) in [6.07, 6.45) is 0. The minimum absolute atomic E-state index is 0.153. The summed E-state index contributed by atoms with van der Waals surface area (Å²) in [6, 6.07) is 3.49. The summed E-state index contributed by atoms with van der Waals surface area (Å²) < 4.78 is 10.0. The van der Waals surface area contributed by atoms with Crippen molar-refractivity contribution in [2.45, 2.75) is 13.5 Å². The number of nitrogens with one attached hydrogen (secondary N) is 1. The Kier molecular flexibility index (Phi) is 3.08. The summed E-state index contributed by atoms with van der Waals surface area (Å²) in [6.45, 7) is 2.33. The molecule has 0 bridgehead atoms. The fourth-order valence-corrected chi connectivity index (χ4v) is 1.32. The highest BCUT2D eigenvalue weighted by Gasteiger charge is 2.04. The summed E-state index contributed by atoms with van der Waals surface area (Å²) in [7, 11) is 1.52. The van der Waals surface area contributed by atoms with E-state index in [9.17, 15) is 0 Å². The molecule has 7 heteroatoms. The molecular weight excluding hydrogens is 222 g/mol. The molecule has 2 rings (SSSR count). The smallest absolute Gasteiger partial charge is 0.225 e. The fraction of sp³-hybridized carbons (Fsp3) is 0.300. The Labute approximate surface area is 98.0 Å². The first-order chi connectivity index (χ1) is 8.17. The lowest BCUT2D eigenvalue weighted by molar-refractivity contribution is 0.383. The van der Waals surface area contributed by atoms with Crippen LogP contribution in [0.15, 0.2) is 16.7 Å². The van der Waals surface area contributed by atoms with Gasteiger partial charge in [-0.1, -0.05) is 5.16 Å². The lowest BCUT2D eigenvalue weighted by Crippen LogP contribution is -2.04. The lowest BCUT2D eigenvalue weighted by Gasteiger charge is -2.05. The van der Waals surface area contributed by atoms with Crippen LogP contribution in [0.2, 0.25) is 0 Å². The predicted octanol–water partition coefficient (Wildman–Crippen LogP) is 0.976. The number of anilines is 2. The Morgan fingerprint density at radius 2 is 2.24 bits per heavy atom. The average Bonchev–Trinajstić information content (AvgIpc) is 2.72. The summed E-state index contributed by atoms with van der Waals surface area (Å²) in [5, 5.41) is 6.83. The number of aryl methyl sites for hydroxylation is 1. The third-order valence-electron chi connectivity index (χ3n) is 2.05. The van der Waals surface area contributed by atoms with E-state index in [2.05, 4.69) is 20.4 Å². The van der Waals surface area contributed by atoms with Crippen molar-refractivity contribution in [3.63, 3.8) is 0 Å². The molecule has 0 saturated heterocycles. The lowest BCUT2D eigenvalue weighted by atomic mass is 10.4. The molecule has 2 aromatic heterocycles. The molecule has 17 heavy (non-hydrogen) atoms. The molecule has 0 atom stereocenters. The monoisotopic (exact) mass is 235 g/mol. The SMILES string of the molecule is COc1cc(NCc2cc(C)no2)nc(N)n1. The van der Waals surface area contributed by atoms with Crippen molar-refractivity contribution in [3.8, 4) is 5.88 Å². The van der Waals surface area contributed by atoms with Gasteiger partial charge in [-0.25, -0.2) is 0 Å². The summed E-state index contributed by atoms with van der Waals surface area (Å²) in [5.74, 6) is 1.86. The molecule has 0 radical (unpaired) electrons. The van der Waals surface area contributed by atoms with E-state index in [-0.39, 0.29) is 5.95 Å². The number of hydrogen-bond donors (Lipinski definition) is 2. The molecule has 0 aliphatic heterocycles. The third-order valence-corrected chi connectivity index (χ3v) is 2.05. The zero-order valence-corrected chi connectivity index (χ0v) is 9.60. The van der Waals surface area contributed by atoms with Gasteiger partial charge in [-0.15, -0.1) is 0 Å². The number of hydrogen-bond acceptors (Lipinski definition) is 7. The van der Waals surface area contributed by atoms with Crippen LogP contribution < -0.4 is 15.8 Å². The van der Waals surface area contributed by atoms with Gasteiger partial charge in [0.25, 0.3) is 0 Å². The van der Waals surface area contributed by atoms with Gasteiger partial charge in [-0.05, 0) is 6.92 Å². The first kappa shape index (κ1) is 11.2. The first-order valence-electron chi connectivity index (χ1n) is 5.02. The Hall–Kier alpha value is -2.31. The highest BCUT2D eigenvalue weighted by molar-refractivity contribution is 5.42. The van der Waals surface area contributed by atoms with Crippen molar-refractivity contribution in [3.05, 3.63) is 23.6 Å². The number of aromatic nitrogens is 3. The predicted molar refractivity (Wildman–Crippen MR) is 61.6 cm³/mol. The summed E-state index contributed by atoms with van der Waals surface area (Å²) in [5.41, 5.74) is 6.36. The van der Waals surface area contributed by atoms with E-state index in [0.29, 0.717) is 18.2 Å². The van der Waals surface area contributed by atoms with Gasteiger partial charge in [0.1, 0.15) is 5.82 Å². The largest absolute Gasteiger partial charge is 0.481 e. The highest BCUT2D eigenvalue weighted by Crippen LogP contribution is 2.15. The molecule has 0 aromatic carbocycles. The first-order valence-corrected chi connectivity index (χ1v) is 5.02. The number of ether oxygens (including phenoxy) is 1. The molecule has 0 aliphatic rings. The van der Waals surface area contributed by atoms with Crippen molar-refractivity contribution in [2.24, 2.45) is 0 Å². The quantitative estimate of drug-likeness (QED) is 0.814. The van der Waals surface area contributed by atoms with Crippen LogP contribution in [0, 0.1) is 6.92 Å². The normalized spacial score (nSPS) is 10.2. The zero-order valence-electron chi connectivity index (χ0n) is 9.60. The van der Waals surface area contributed by atoms with Crippen molar-refractivity contribution in [1.82, 2.24) is 15.1 Å². The van der Waals surface area contributed by atoms with Crippen LogP contribution in [0.25, 0.3) is 0 Å². The van der Waals surface area contributed by atoms with Crippen LogP contribution in [-0.2, 0) is 6.54 Å². The molecule has 0 aliphatic carbocycles. The van der Waals surface area contributed by atoms with E-state index in [1.165, 1.54) is 7.11 Å². The maximum Gasteiger partial charge on any atom is 0.225 e. The van der Waals surface area contributed by atoms with Gasteiger partial charge < -0.3 is 20.3 Å². The average molecular weight is 235 g/mol. The van der Waals surface area contributed by atoms with E-state index in [0.717, 1.165) is 11.5 Å². The Balaban J connectivity index is 2.05. The van der Waals surface area contributed by atoms with Crippen LogP contribution in [0.3, 0.4) is 0 Å². The number of methoxy groups -OCH3 is 1. The molecule has 0 amide bonds. The fourth-order valence-electron chi connectivity index (χ4n) is 1.32. The van der Waals surface area contributed by atoms with E-state index < -0.39 is 0 Å². The van der Waals surface area contributed by atoms with Crippen LogP contribution >= 0.6 is 0 Å². The maximum atomic E-state index is 5.53. The molecule has 2 aromatic rings. The molecule has 2 heterocycles. The van der Waals surface area contributed by atoms with Crippen molar-refractivity contribution >= 4 is 11.8 Å². The van der Waals surface area contributed by atoms with Crippen LogP contribution in [-0.4, -0.2) is 22.2 Å². The van der Waals surface area contributed by atoms with Crippen LogP contribution in [0.4, 0.5) is 11.8 Å². The second-order valence-corrected chi connectivity index (χ2v) is 3.44. The maximum absolute atomic E-state index is 5.53. The number of rotatable bonds is 4. The second-order valence-electron chi connectivity index (χ2n) is 3.44. The Morgan fingerprint density at radius 1 is 1.41 bits per heavy atom. The van der Waals surface area contributed by atoms with Crippen molar-refractivity contribution < 1.29 is 9.26 Å². The van der Waals surface area contributed by atoms with E-state index in [4.69, 9.17) is 15.0 Å². The van der Waals surface area contributed by atoms with Crippen molar-refractivity contribution in [2.75, 3.05) is 18.2 Å². The summed E-state index contributed by atoms with van der Waals surface area (Å²) in [4.78, 5) is 7.90. The van der Waals surface area contributed by atoms with Gasteiger partial charge >= 0.3 is 0 Å². The minimum atomic E-state index is 0.153. The van der Waals surface area contributed by atoms with Gasteiger partial charge in [0.15, 0.2) is 5.76 Å². The van der Waals surface area contributed by atoms with E-state index in [1.807, 2.05) is 13.0 Å². The third kappa shape index (κ3) is 2.83. The molecule has 3 N–H and O–H groups in total. The van der Waals surface area contributed by atoms with Crippen molar-refractivity contribution in [1.29, 1.82) is 0 Å². The Bertz CT molecular complexity index is 511. The van der Waals surface area contributed by atoms with Gasteiger partial charge in [0, 0.05) is 12.1 Å². The van der Waals surface area contributed by atoms with Gasteiger partial charge in [0.05, 0.1) is 19.3 Å². The van der Waals surface area contributed by atoms with Gasteiger partial charge in [-0.2, -0.15) is 9.97 Å². The zero-order chi connectivity index (χ0) is 12.3. The Morgan fingerprint density at radius 3 is 2.88 bits per heavy atom. The second kappa shape index (κ2) is 4.69. The standard InChI is InChI=1S/C10H13N5O2/c1-6-3-7(17-15-6)5-12-8-4-9(16-2)14-10(11)13-8/h3-4H,5H2,1-2H3,(H3,11,12,13,14). The minimum Gasteiger partial charge on any atom is -0.481 e. The van der Waals surface area contributed by atoms with E-state index >= 15 is 0 Å². The van der Waals surface area contributed by atoms with Crippen LogP contribution in [0.1, 0.15) is 11.5 Å². The van der Waals surface area contributed by atoms with Gasteiger partial charge in [-0.3, -0.25) is 0 Å². The summed E-state index contributed by atoms with van der Waals surface area (Å²) >= 11 is 0. The molecule has 0 fully saturated rings. The number of nitrogens with two attached hydrogens (primary N) is 1. The molecule has 7 nitrogen and oxygen atoms in total. The number of nitrogens with zero attached hydrogens (tertiary/aromatic N) is 3. The van der Waals surface area contributed by atoms with Crippen LogP contribution in [0.5, 0.6) is 5.88 Å². The molecule has 90 valence electrons. The van der Waals surface area contributed by atoms with E-state index in [1.54, 1.807) is 6.07 Å². The molecular formula is C10H13N5O2. The molecule has 0 unspecified atom stereocenters. The number of nitrogen functional groups attached to an aromatic ring is 1. The van der Waals surface area contributed by atoms with Gasteiger partial charge in [0.2, 0.25) is 11.8 Å². The highest BCUT2D eigenvalue weighted by atomic mass is 16.5.